The van der Waals surface area contributed by atoms with Gasteiger partial charge in [-0.15, -0.1) is 0 Å². The molecule has 0 unspecified atom stereocenters. The number of ketones is 1. The van der Waals surface area contributed by atoms with Crippen LogP contribution in [0.1, 0.15) is 62.8 Å². The van der Waals surface area contributed by atoms with Gasteiger partial charge in [0.05, 0.1) is 18.6 Å². The normalized spacial score (nSPS) is 15.1. The first-order valence-electron chi connectivity index (χ1n) is 11.3. The molecule has 2 aromatic rings. The average Bonchev–Trinajstić information content (AvgIpc) is 3.13. The first kappa shape index (κ1) is 24.8. The number of benzene rings is 1. The largest absolute Gasteiger partial charge is 0.497 e. The highest BCUT2D eigenvalue weighted by Crippen LogP contribution is 2.29. The van der Waals surface area contributed by atoms with Crippen LogP contribution in [-0.4, -0.2) is 43.1 Å². The van der Waals surface area contributed by atoms with Gasteiger partial charge in [-0.3, -0.25) is 4.79 Å². The summed E-state index contributed by atoms with van der Waals surface area (Å²) in [6.45, 7) is 1.69. The van der Waals surface area contributed by atoms with Crippen molar-refractivity contribution in [1.29, 1.82) is 0 Å². The van der Waals surface area contributed by atoms with Gasteiger partial charge in [-0.25, -0.2) is 13.4 Å². The maximum absolute atomic E-state index is 12.6. The summed E-state index contributed by atoms with van der Waals surface area (Å²) >= 11 is 2.01. The Bertz CT molecular complexity index is 994. The Kier molecular flexibility index (Phi) is 9.22. The van der Waals surface area contributed by atoms with Gasteiger partial charge in [0, 0.05) is 17.2 Å². The molecule has 6 nitrogen and oxygen atoms in total. The van der Waals surface area contributed by atoms with Gasteiger partial charge in [0.25, 0.3) is 0 Å². The smallest absolute Gasteiger partial charge is 0.226 e. The summed E-state index contributed by atoms with van der Waals surface area (Å²) in [6, 6.07) is 7.23. The summed E-state index contributed by atoms with van der Waals surface area (Å²) in [5.74, 6) is 1.54. The molecule has 0 atom stereocenters. The lowest BCUT2D eigenvalue weighted by molar-refractivity contribution is -0.116. The number of unbranched alkanes of at least 4 members (excludes halogenated alkanes) is 1. The number of thioether (sulfide) groups is 1. The molecule has 1 aromatic carbocycles. The molecule has 1 saturated carbocycles. The van der Waals surface area contributed by atoms with E-state index >= 15 is 0 Å². The number of carbonyl (C=O) groups excluding carboxylic acids is 1. The molecule has 8 heteroatoms. The van der Waals surface area contributed by atoms with Crippen LogP contribution in [0.2, 0.25) is 0 Å². The Labute approximate surface area is 195 Å². The zero-order valence-corrected chi connectivity index (χ0v) is 20.6. The summed E-state index contributed by atoms with van der Waals surface area (Å²) in [4.78, 5) is 16.6. The number of ether oxygens (including phenoxy) is 1. The van der Waals surface area contributed by atoms with Gasteiger partial charge in [0.2, 0.25) is 5.89 Å². The Morgan fingerprint density at radius 1 is 1.22 bits per heavy atom. The second kappa shape index (κ2) is 11.9. The first-order chi connectivity index (χ1) is 15.4. The summed E-state index contributed by atoms with van der Waals surface area (Å²) < 4.78 is 36.0. The SMILES string of the molecule is COc1cccc(-c2nc(CS(=O)(=O)CC(=O)CCCCSC3CCCCC3)c(C)o2)c1. The Balaban J connectivity index is 1.46. The second-order valence-corrected chi connectivity index (χ2v) is 11.9. The van der Waals surface area contributed by atoms with E-state index in [4.69, 9.17) is 9.15 Å². The van der Waals surface area contributed by atoms with E-state index in [1.54, 1.807) is 20.1 Å². The fourth-order valence-electron chi connectivity index (χ4n) is 3.92. The van der Waals surface area contributed by atoms with Crippen molar-refractivity contribution >= 4 is 27.4 Å². The lowest BCUT2D eigenvalue weighted by Crippen LogP contribution is -2.18. The van der Waals surface area contributed by atoms with E-state index in [0.29, 0.717) is 35.1 Å². The van der Waals surface area contributed by atoms with Gasteiger partial charge in [-0.05, 0) is 56.6 Å². The maximum atomic E-state index is 12.6. The van der Waals surface area contributed by atoms with Gasteiger partial charge in [0.1, 0.15) is 23.0 Å². The van der Waals surface area contributed by atoms with Crippen molar-refractivity contribution in [3.63, 3.8) is 0 Å². The summed E-state index contributed by atoms with van der Waals surface area (Å²) in [6.07, 6.45) is 8.66. The summed E-state index contributed by atoms with van der Waals surface area (Å²) in [5, 5.41) is 0.771. The van der Waals surface area contributed by atoms with E-state index in [1.807, 2.05) is 30.0 Å². The number of hydrogen-bond acceptors (Lipinski definition) is 7. The number of aromatic nitrogens is 1. The summed E-state index contributed by atoms with van der Waals surface area (Å²) in [7, 11) is -2.03. The standard InChI is InChI=1S/C24H33NO5S2/c1-18-23(25-24(30-18)19-9-8-11-21(15-19)29-2)17-32(27,28)16-20(26)10-6-7-14-31-22-12-4-3-5-13-22/h8-9,11,15,22H,3-7,10,12-14,16-17H2,1-2H3. The van der Waals surface area contributed by atoms with Crippen LogP contribution in [0.5, 0.6) is 5.75 Å². The minimum atomic E-state index is -3.60. The van der Waals surface area contributed by atoms with Gasteiger partial charge < -0.3 is 9.15 Å². The Morgan fingerprint density at radius 2 is 2.00 bits per heavy atom. The fraction of sp³-hybridized carbons (Fsp3) is 0.583. The Hall–Kier alpha value is -1.80. The average molecular weight is 480 g/mol. The number of aryl methyl sites for hydroxylation is 1. The third kappa shape index (κ3) is 7.66. The van der Waals surface area contributed by atoms with Crippen molar-refractivity contribution in [3.8, 4) is 17.2 Å². The number of sulfone groups is 1. The molecule has 0 N–H and O–H groups in total. The topological polar surface area (TPSA) is 86.5 Å². The van der Waals surface area contributed by atoms with E-state index in [0.717, 1.165) is 23.8 Å². The van der Waals surface area contributed by atoms with Crippen molar-refractivity contribution in [2.75, 3.05) is 18.6 Å². The quantitative estimate of drug-likeness (QED) is 0.378. The molecule has 0 radical (unpaired) electrons. The predicted octanol–water partition coefficient (Wildman–Crippen LogP) is 5.38. The van der Waals surface area contributed by atoms with Gasteiger partial charge in [-0.1, -0.05) is 25.3 Å². The fourth-order valence-corrected chi connectivity index (χ4v) is 6.72. The third-order valence-electron chi connectivity index (χ3n) is 5.70. The van der Waals surface area contributed by atoms with E-state index in [2.05, 4.69) is 4.98 Å². The molecule has 0 saturated heterocycles. The van der Waals surface area contributed by atoms with Crippen LogP contribution >= 0.6 is 11.8 Å². The molecular weight excluding hydrogens is 446 g/mol. The van der Waals surface area contributed by atoms with Crippen LogP contribution in [-0.2, 0) is 20.4 Å². The van der Waals surface area contributed by atoms with Crippen molar-refractivity contribution in [2.45, 2.75) is 69.3 Å². The number of nitrogens with zero attached hydrogens (tertiary/aromatic N) is 1. The molecule has 0 amide bonds. The van der Waals surface area contributed by atoms with Crippen LogP contribution in [0.25, 0.3) is 11.5 Å². The van der Waals surface area contributed by atoms with Crippen LogP contribution < -0.4 is 4.74 Å². The van der Waals surface area contributed by atoms with E-state index in [9.17, 15) is 13.2 Å². The molecule has 176 valence electrons. The molecule has 3 rings (SSSR count). The highest BCUT2D eigenvalue weighted by molar-refractivity contribution is 7.99. The number of hydrogen-bond donors (Lipinski definition) is 0. The number of Topliss-reactive ketones (excluding diaryl/α,β-unsaturated/α-hetero) is 1. The van der Waals surface area contributed by atoms with Crippen molar-refractivity contribution in [3.05, 3.63) is 35.7 Å². The number of oxazole rings is 1. The molecule has 1 aliphatic carbocycles. The van der Waals surface area contributed by atoms with E-state index in [-0.39, 0.29) is 11.5 Å². The molecule has 0 spiro atoms. The zero-order chi connectivity index (χ0) is 23.0. The second-order valence-electron chi connectivity index (χ2n) is 8.41. The van der Waals surface area contributed by atoms with Crippen molar-refractivity contribution in [1.82, 2.24) is 4.98 Å². The molecular formula is C24H33NO5S2. The highest BCUT2D eigenvalue weighted by Gasteiger charge is 2.22. The monoisotopic (exact) mass is 479 g/mol. The molecule has 32 heavy (non-hydrogen) atoms. The minimum absolute atomic E-state index is 0.221. The predicted molar refractivity (Wildman–Crippen MR) is 129 cm³/mol. The number of rotatable bonds is 12. The lowest BCUT2D eigenvalue weighted by atomic mass is 10.0. The molecule has 1 heterocycles. The third-order valence-corrected chi connectivity index (χ3v) is 8.64. The molecule has 1 aliphatic rings. The first-order valence-corrected chi connectivity index (χ1v) is 14.2. The van der Waals surface area contributed by atoms with E-state index in [1.165, 1.54) is 32.1 Å². The lowest BCUT2D eigenvalue weighted by Gasteiger charge is -2.20. The van der Waals surface area contributed by atoms with Gasteiger partial charge >= 0.3 is 0 Å². The van der Waals surface area contributed by atoms with E-state index < -0.39 is 15.6 Å². The molecule has 0 bridgehead atoms. The van der Waals surface area contributed by atoms with Crippen LogP contribution in [0.3, 0.4) is 0 Å². The van der Waals surface area contributed by atoms with Gasteiger partial charge in [-0.2, -0.15) is 11.8 Å². The number of methoxy groups -OCH3 is 1. The Morgan fingerprint density at radius 3 is 2.75 bits per heavy atom. The van der Waals surface area contributed by atoms with Crippen LogP contribution in [0.4, 0.5) is 0 Å². The van der Waals surface area contributed by atoms with Crippen LogP contribution in [0, 0.1) is 6.92 Å². The van der Waals surface area contributed by atoms with Crippen molar-refractivity contribution < 1.29 is 22.4 Å². The summed E-state index contributed by atoms with van der Waals surface area (Å²) in [5.41, 5.74) is 1.05. The molecule has 1 fully saturated rings. The molecule has 1 aromatic heterocycles. The zero-order valence-electron chi connectivity index (χ0n) is 19.0. The van der Waals surface area contributed by atoms with Gasteiger partial charge in [0.15, 0.2) is 9.84 Å². The maximum Gasteiger partial charge on any atom is 0.226 e. The minimum Gasteiger partial charge on any atom is -0.497 e. The number of carbonyl (C=O) groups is 1. The van der Waals surface area contributed by atoms with Crippen molar-refractivity contribution in [2.24, 2.45) is 0 Å². The van der Waals surface area contributed by atoms with Crippen LogP contribution in [0.15, 0.2) is 28.7 Å². The highest BCUT2D eigenvalue weighted by atomic mass is 32.2. The molecule has 0 aliphatic heterocycles.